The summed E-state index contributed by atoms with van der Waals surface area (Å²) in [5, 5.41) is 0. The highest BCUT2D eigenvalue weighted by Crippen LogP contribution is 2.33. The molecular weight excluding hydrogens is 342 g/mol. The third-order valence-electron chi connectivity index (χ3n) is 3.42. The molecule has 0 amide bonds. The molecule has 2 aromatic rings. The number of rotatable bonds is 4. The molecule has 1 unspecified atom stereocenters. The van der Waals surface area contributed by atoms with Crippen molar-refractivity contribution in [3.8, 4) is 11.5 Å². The van der Waals surface area contributed by atoms with Gasteiger partial charge < -0.3 is 9.47 Å². The number of aryl methyl sites for hydroxylation is 1. The zero-order chi connectivity index (χ0) is 17.3. The van der Waals surface area contributed by atoms with Gasteiger partial charge in [0.25, 0.3) is 10.1 Å². The number of hydrogen-bond acceptors (Lipinski definition) is 5. The number of ether oxygens (including phenoxy) is 2. The van der Waals surface area contributed by atoms with Gasteiger partial charge in [-0.3, -0.25) is 4.18 Å². The molecule has 0 N–H and O–H groups in total. The van der Waals surface area contributed by atoms with Gasteiger partial charge in [0.2, 0.25) is 0 Å². The van der Waals surface area contributed by atoms with Gasteiger partial charge in [-0.25, -0.2) is 8.78 Å². The van der Waals surface area contributed by atoms with E-state index >= 15 is 0 Å². The third-order valence-corrected chi connectivity index (χ3v) is 4.72. The average molecular weight is 356 g/mol. The van der Waals surface area contributed by atoms with E-state index in [4.69, 9.17) is 13.7 Å². The molecule has 1 aliphatic rings. The van der Waals surface area contributed by atoms with Crippen LogP contribution in [0.4, 0.5) is 8.78 Å². The lowest BCUT2D eigenvalue weighted by Crippen LogP contribution is -2.34. The van der Waals surface area contributed by atoms with Crippen LogP contribution in [0, 0.1) is 18.6 Å². The van der Waals surface area contributed by atoms with Gasteiger partial charge in [-0.15, -0.1) is 0 Å². The van der Waals surface area contributed by atoms with E-state index in [0.29, 0.717) is 0 Å². The first kappa shape index (κ1) is 16.7. The molecule has 0 aliphatic carbocycles. The summed E-state index contributed by atoms with van der Waals surface area (Å²) in [5.74, 6) is -2.06. The van der Waals surface area contributed by atoms with Crippen molar-refractivity contribution in [2.24, 2.45) is 0 Å². The quantitative estimate of drug-likeness (QED) is 0.789. The van der Waals surface area contributed by atoms with Gasteiger partial charge in [0.1, 0.15) is 13.2 Å². The largest absolute Gasteiger partial charge is 0.486 e. The number of hydrogen-bond donors (Lipinski definition) is 0. The first-order valence-corrected chi connectivity index (χ1v) is 8.50. The minimum atomic E-state index is -3.94. The monoisotopic (exact) mass is 356 g/mol. The van der Waals surface area contributed by atoms with Gasteiger partial charge in [0.15, 0.2) is 29.2 Å². The predicted octanol–water partition coefficient (Wildman–Crippen LogP) is 2.82. The molecule has 0 saturated carbocycles. The molecule has 0 spiro atoms. The van der Waals surface area contributed by atoms with Gasteiger partial charge in [0, 0.05) is 12.1 Å². The second kappa shape index (κ2) is 6.37. The summed E-state index contributed by atoms with van der Waals surface area (Å²) in [6, 6.07) is 7.93. The highest BCUT2D eigenvalue weighted by atomic mass is 32.2. The van der Waals surface area contributed by atoms with Crippen molar-refractivity contribution < 1.29 is 30.9 Å². The maximum absolute atomic E-state index is 13.2. The van der Waals surface area contributed by atoms with E-state index in [1.807, 2.05) is 6.92 Å². The second-order valence-corrected chi connectivity index (χ2v) is 6.93. The molecule has 5 nitrogen and oxygen atoms in total. The fourth-order valence-electron chi connectivity index (χ4n) is 2.13. The Bertz CT molecular complexity index is 850. The number of fused-ring (bicyclic) bond motifs is 1. The van der Waals surface area contributed by atoms with Gasteiger partial charge in [-0.2, -0.15) is 8.42 Å². The highest BCUT2D eigenvalue weighted by molar-refractivity contribution is 7.86. The lowest BCUT2D eigenvalue weighted by atomic mass is 10.2. The molecule has 128 valence electrons. The summed E-state index contributed by atoms with van der Waals surface area (Å²) in [6.07, 6.45) is -0.761. The Morgan fingerprint density at radius 2 is 1.75 bits per heavy atom. The van der Waals surface area contributed by atoms with Crippen LogP contribution in [-0.4, -0.2) is 27.7 Å². The van der Waals surface area contributed by atoms with E-state index in [2.05, 4.69) is 0 Å². The van der Waals surface area contributed by atoms with Gasteiger partial charge in [0.05, 0.1) is 4.90 Å². The van der Waals surface area contributed by atoms with Crippen molar-refractivity contribution in [2.45, 2.75) is 17.9 Å². The van der Waals surface area contributed by atoms with Crippen LogP contribution in [-0.2, 0) is 14.3 Å². The number of benzene rings is 2. The fraction of sp³-hybridized carbons (Fsp3) is 0.250. The molecule has 0 saturated heterocycles. The molecule has 1 heterocycles. The lowest BCUT2D eigenvalue weighted by Gasteiger charge is -2.26. The Kier molecular flexibility index (Phi) is 4.42. The van der Waals surface area contributed by atoms with Crippen LogP contribution in [0.5, 0.6) is 11.5 Å². The van der Waals surface area contributed by atoms with Crippen LogP contribution in [0.2, 0.25) is 0 Å². The average Bonchev–Trinajstić information content (AvgIpc) is 2.54. The van der Waals surface area contributed by atoms with E-state index in [1.165, 1.54) is 12.1 Å². The molecule has 1 aliphatic heterocycles. The molecule has 0 aromatic heterocycles. The minimum Gasteiger partial charge on any atom is -0.486 e. The summed E-state index contributed by atoms with van der Waals surface area (Å²) in [6.45, 7) is 1.49. The van der Waals surface area contributed by atoms with E-state index < -0.39 is 27.9 Å². The molecule has 8 heteroatoms. The Hall–Kier alpha value is -2.19. The predicted molar refractivity (Wildman–Crippen MR) is 80.6 cm³/mol. The first-order chi connectivity index (χ1) is 11.3. The summed E-state index contributed by atoms with van der Waals surface area (Å²) in [4.78, 5) is 0.0262. The Morgan fingerprint density at radius 3 is 2.42 bits per heavy atom. The smallest absolute Gasteiger partial charge is 0.297 e. The molecule has 24 heavy (non-hydrogen) atoms. The molecule has 3 rings (SSSR count). The van der Waals surface area contributed by atoms with Crippen LogP contribution < -0.4 is 9.47 Å². The van der Waals surface area contributed by atoms with Crippen LogP contribution in [0.15, 0.2) is 41.3 Å². The fourth-order valence-corrected chi connectivity index (χ4v) is 3.07. The zero-order valence-electron chi connectivity index (χ0n) is 12.7. The maximum atomic E-state index is 13.2. The molecule has 1 atom stereocenters. The zero-order valence-corrected chi connectivity index (χ0v) is 13.5. The van der Waals surface area contributed by atoms with E-state index in [1.54, 1.807) is 12.1 Å². The van der Waals surface area contributed by atoms with Gasteiger partial charge >= 0.3 is 0 Å². The minimum absolute atomic E-state index is 0.00137. The summed E-state index contributed by atoms with van der Waals surface area (Å²) >= 11 is 0. The Morgan fingerprint density at radius 1 is 1.12 bits per heavy atom. The van der Waals surface area contributed by atoms with Crippen LogP contribution in [0.1, 0.15) is 5.56 Å². The van der Waals surface area contributed by atoms with E-state index in [-0.39, 0.29) is 29.6 Å². The van der Waals surface area contributed by atoms with Crippen LogP contribution >= 0.6 is 0 Å². The van der Waals surface area contributed by atoms with Crippen LogP contribution in [0.3, 0.4) is 0 Å². The SMILES string of the molecule is Cc1ccc(S(=O)(=O)OCC2COc3cc(F)c(F)cc3O2)cc1. The van der Waals surface area contributed by atoms with Gasteiger partial charge in [-0.1, -0.05) is 17.7 Å². The van der Waals surface area contributed by atoms with Crippen molar-refractivity contribution in [1.82, 2.24) is 0 Å². The molecular formula is C16H14F2O5S. The highest BCUT2D eigenvalue weighted by Gasteiger charge is 2.26. The Balaban J connectivity index is 1.67. The van der Waals surface area contributed by atoms with Crippen molar-refractivity contribution >= 4 is 10.1 Å². The molecule has 0 radical (unpaired) electrons. The van der Waals surface area contributed by atoms with E-state index in [9.17, 15) is 17.2 Å². The maximum Gasteiger partial charge on any atom is 0.297 e. The summed E-state index contributed by atoms with van der Waals surface area (Å²) in [5.41, 5.74) is 0.920. The van der Waals surface area contributed by atoms with Gasteiger partial charge in [-0.05, 0) is 19.1 Å². The van der Waals surface area contributed by atoms with Crippen molar-refractivity contribution in [1.29, 1.82) is 0 Å². The first-order valence-electron chi connectivity index (χ1n) is 7.10. The standard InChI is InChI=1S/C16H14F2O5S/c1-10-2-4-12(5-3-10)24(19,20)22-9-11-8-21-15-6-13(17)14(18)7-16(15)23-11/h2-7,11H,8-9H2,1H3. The van der Waals surface area contributed by atoms with Crippen LogP contribution in [0.25, 0.3) is 0 Å². The molecule has 2 aromatic carbocycles. The topological polar surface area (TPSA) is 61.8 Å². The van der Waals surface area contributed by atoms with Crippen molar-refractivity contribution in [2.75, 3.05) is 13.2 Å². The van der Waals surface area contributed by atoms with Crippen molar-refractivity contribution in [3.63, 3.8) is 0 Å². The Labute approximate surface area is 137 Å². The number of halogens is 2. The van der Waals surface area contributed by atoms with Crippen molar-refractivity contribution in [3.05, 3.63) is 53.6 Å². The molecule has 0 fully saturated rings. The lowest BCUT2D eigenvalue weighted by molar-refractivity contribution is 0.0546. The molecule has 0 bridgehead atoms. The second-order valence-electron chi connectivity index (χ2n) is 5.32. The summed E-state index contributed by atoms with van der Waals surface area (Å²) < 4.78 is 66.2. The normalized spacial score (nSPS) is 16.9. The third kappa shape index (κ3) is 3.49. The van der Waals surface area contributed by atoms with E-state index in [0.717, 1.165) is 17.7 Å². The summed E-state index contributed by atoms with van der Waals surface area (Å²) in [7, 11) is -3.94.